The zero-order valence-electron chi connectivity index (χ0n) is 32.3. The van der Waals surface area contributed by atoms with Gasteiger partial charge in [0.1, 0.15) is 6.61 Å². The minimum atomic E-state index is -4.75. The van der Waals surface area contributed by atoms with Crippen LogP contribution >= 0.6 is 7.82 Å². The molecule has 1 atom stereocenters. The molecule has 0 aliphatic heterocycles. The van der Waals surface area contributed by atoms with Gasteiger partial charge < -0.3 is 19.3 Å². The number of phosphoric acid groups is 1. The lowest BCUT2D eigenvalue weighted by atomic mass is 10.1. The van der Waals surface area contributed by atoms with Crippen molar-refractivity contribution < 1.29 is 37.9 Å². The molecule has 50 heavy (non-hydrogen) atoms. The van der Waals surface area contributed by atoms with E-state index < -0.39 is 32.5 Å². The molecule has 0 aromatic rings. The van der Waals surface area contributed by atoms with Gasteiger partial charge in [0.25, 0.3) is 0 Å². The van der Waals surface area contributed by atoms with Crippen LogP contribution in [-0.4, -0.2) is 41.0 Å². The van der Waals surface area contributed by atoms with Crippen LogP contribution < -0.4 is 0 Å². The number of carbonyl (C=O) groups is 2. The fourth-order valence-corrected chi connectivity index (χ4v) is 6.19. The lowest BCUT2D eigenvalue weighted by molar-refractivity contribution is -0.161. The summed E-state index contributed by atoms with van der Waals surface area (Å²) in [6.45, 7) is 3.66. The van der Waals surface area contributed by atoms with Gasteiger partial charge in [0.15, 0.2) is 6.10 Å². The molecule has 0 spiro atoms. The van der Waals surface area contributed by atoms with Crippen molar-refractivity contribution in [3.8, 4) is 0 Å². The minimum Gasteiger partial charge on any atom is -0.462 e. The van der Waals surface area contributed by atoms with Gasteiger partial charge in [-0.1, -0.05) is 154 Å². The zero-order valence-corrected chi connectivity index (χ0v) is 33.2. The molecule has 0 saturated heterocycles. The van der Waals surface area contributed by atoms with Crippen molar-refractivity contribution in [2.75, 3.05) is 13.2 Å². The lowest BCUT2D eigenvalue weighted by Gasteiger charge is -2.18. The van der Waals surface area contributed by atoms with Gasteiger partial charge in [-0.15, -0.1) is 0 Å². The van der Waals surface area contributed by atoms with Crippen molar-refractivity contribution in [1.29, 1.82) is 0 Å². The van der Waals surface area contributed by atoms with E-state index in [0.717, 1.165) is 44.9 Å². The first-order valence-electron chi connectivity index (χ1n) is 20.6. The maximum absolute atomic E-state index is 12.4. The smallest absolute Gasteiger partial charge is 0.462 e. The molecule has 0 saturated carbocycles. The predicted octanol–water partition coefficient (Wildman–Crippen LogP) is 12.4. The molecule has 0 aromatic carbocycles. The predicted molar refractivity (Wildman–Crippen MR) is 207 cm³/mol. The highest BCUT2D eigenvalue weighted by molar-refractivity contribution is 7.46. The van der Waals surface area contributed by atoms with Crippen LogP contribution in [0.5, 0.6) is 0 Å². The Kier molecular flexibility index (Phi) is 36.2. The van der Waals surface area contributed by atoms with Gasteiger partial charge in [0.2, 0.25) is 0 Å². The van der Waals surface area contributed by atoms with Gasteiger partial charge in [-0.25, -0.2) is 4.57 Å². The standard InChI is InChI=1S/C41H77O8P/c1-3-5-7-9-11-13-15-17-18-19-20-21-22-24-26-28-30-32-34-36-41(43)49-39(38-48-50(44,45)46)37-47-40(42)35-33-31-29-27-25-23-16-14-12-10-8-6-4-2/h17-18,23,25,39H,3-16,19-22,24,26-38H2,1-2H3,(H2,44,45,46)/b18-17+,25-23+/t39-/m1/s1. The molecule has 0 rings (SSSR count). The highest BCUT2D eigenvalue weighted by Gasteiger charge is 2.22. The SMILES string of the molecule is CCCCCCCC/C=C/CCCCCCCCCCCC(=O)O[C@H](COC(=O)CCCCC/C=C/CCCCCCCC)COP(=O)(O)O. The summed E-state index contributed by atoms with van der Waals surface area (Å²) >= 11 is 0. The first-order valence-corrected chi connectivity index (χ1v) is 22.2. The Labute approximate surface area is 307 Å². The van der Waals surface area contributed by atoms with Gasteiger partial charge in [-0.3, -0.25) is 14.1 Å². The summed E-state index contributed by atoms with van der Waals surface area (Å²) in [6, 6.07) is 0. The number of phosphoric ester groups is 1. The van der Waals surface area contributed by atoms with Gasteiger partial charge in [0, 0.05) is 12.8 Å². The molecule has 0 aliphatic rings. The summed E-state index contributed by atoms with van der Waals surface area (Å²) in [7, 11) is -4.75. The molecule has 294 valence electrons. The number of ether oxygens (including phenoxy) is 2. The number of esters is 2. The fraction of sp³-hybridized carbons (Fsp3) is 0.854. The molecular weight excluding hydrogens is 651 g/mol. The van der Waals surface area contributed by atoms with Gasteiger partial charge in [-0.2, -0.15) is 0 Å². The quantitative estimate of drug-likeness (QED) is 0.0279. The monoisotopic (exact) mass is 729 g/mol. The van der Waals surface area contributed by atoms with Crippen LogP contribution in [-0.2, 0) is 28.2 Å². The molecular formula is C41H77O8P. The highest BCUT2D eigenvalue weighted by atomic mass is 31.2. The fourth-order valence-electron chi connectivity index (χ4n) is 5.83. The van der Waals surface area contributed by atoms with E-state index in [4.69, 9.17) is 19.3 Å². The molecule has 9 heteroatoms. The van der Waals surface area contributed by atoms with E-state index in [1.54, 1.807) is 0 Å². The normalized spacial score (nSPS) is 12.6. The molecule has 0 unspecified atom stereocenters. The maximum atomic E-state index is 12.4. The first kappa shape index (κ1) is 48.5. The number of rotatable bonds is 38. The average molecular weight is 729 g/mol. The van der Waals surface area contributed by atoms with Crippen molar-refractivity contribution in [1.82, 2.24) is 0 Å². The molecule has 0 aromatic heterocycles. The van der Waals surface area contributed by atoms with E-state index in [0.29, 0.717) is 12.8 Å². The molecule has 0 radical (unpaired) electrons. The summed E-state index contributed by atoms with van der Waals surface area (Å²) in [4.78, 5) is 42.8. The summed E-state index contributed by atoms with van der Waals surface area (Å²) in [6.07, 6.45) is 41.9. The van der Waals surface area contributed by atoms with Crippen molar-refractivity contribution in [2.24, 2.45) is 0 Å². The van der Waals surface area contributed by atoms with E-state index in [1.807, 2.05) is 0 Å². The zero-order chi connectivity index (χ0) is 36.8. The second-order valence-corrected chi connectivity index (χ2v) is 15.2. The average Bonchev–Trinajstić information content (AvgIpc) is 3.08. The van der Waals surface area contributed by atoms with Crippen LogP contribution in [0.25, 0.3) is 0 Å². The van der Waals surface area contributed by atoms with E-state index in [2.05, 4.69) is 42.7 Å². The topological polar surface area (TPSA) is 119 Å². The molecule has 0 aliphatic carbocycles. The van der Waals surface area contributed by atoms with Crippen LogP contribution in [0.3, 0.4) is 0 Å². The molecule has 8 nitrogen and oxygen atoms in total. The van der Waals surface area contributed by atoms with Gasteiger partial charge in [-0.05, 0) is 64.2 Å². The third-order valence-electron chi connectivity index (χ3n) is 8.94. The van der Waals surface area contributed by atoms with E-state index in [9.17, 15) is 14.2 Å². The lowest BCUT2D eigenvalue weighted by Crippen LogP contribution is -2.29. The number of carbonyl (C=O) groups excluding carboxylic acids is 2. The van der Waals surface area contributed by atoms with E-state index in [1.165, 1.54) is 122 Å². The first-order chi connectivity index (χ1) is 24.3. The molecule has 0 bridgehead atoms. The highest BCUT2D eigenvalue weighted by Crippen LogP contribution is 2.36. The Morgan fingerprint density at radius 3 is 1.24 bits per heavy atom. The molecule has 0 heterocycles. The summed E-state index contributed by atoms with van der Waals surface area (Å²) in [5.41, 5.74) is 0. The molecule has 0 amide bonds. The Hall–Kier alpha value is -1.47. The largest absolute Gasteiger partial charge is 0.469 e. The summed E-state index contributed by atoms with van der Waals surface area (Å²) < 4.78 is 26.3. The number of hydrogen-bond donors (Lipinski definition) is 2. The third kappa shape index (κ3) is 39.3. The Morgan fingerprint density at radius 1 is 0.500 bits per heavy atom. The van der Waals surface area contributed by atoms with Crippen molar-refractivity contribution in [3.05, 3.63) is 24.3 Å². The summed E-state index contributed by atoms with van der Waals surface area (Å²) in [5, 5.41) is 0. The van der Waals surface area contributed by atoms with E-state index in [-0.39, 0.29) is 19.4 Å². The van der Waals surface area contributed by atoms with Gasteiger partial charge in [0.05, 0.1) is 6.61 Å². The van der Waals surface area contributed by atoms with Crippen molar-refractivity contribution in [2.45, 2.75) is 213 Å². The number of unbranched alkanes of at least 4 members (excludes halogenated alkanes) is 24. The molecule has 0 fully saturated rings. The second-order valence-electron chi connectivity index (χ2n) is 14.0. The van der Waals surface area contributed by atoms with Crippen LogP contribution in [0.4, 0.5) is 0 Å². The Morgan fingerprint density at radius 2 is 0.840 bits per heavy atom. The van der Waals surface area contributed by atoms with Crippen molar-refractivity contribution in [3.63, 3.8) is 0 Å². The maximum Gasteiger partial charge on any atom is 0.469 e. The van der Waals surface area contributed by atoms with E-state index >= 15 is 0 Å². The number of allylic oxidation sites excluding steroid dienone is 4. The Bertz CT molecular complexity index is 869. The Balaban J connectivity index is 3.91. The van der Waals surface area contributed by atoms with Crippen LogP contribution in [0.1, 0.15) is 206 Å². The second kappa shape index (κ2) is 37.3. The van der Waals surface area contributed by atoms with Gasteiger partial charge >= 0.3 is 19.8 Å². The third-order valence-corrected chi connectivity index (χ3v) is 9.43. The van der Waals surface area contributed by atoms with Crippen LogP contribution in [0, 0.1) is 0 Å². The molecule has 2 N–H and O–H groups in total. The van der Waals surface area contributed by atoms with Crippen molar-refractivity contribution >= 4 is 19.8 Å². The minimum absolute atomic E-state index is 0.208. The number of hydrogen-bond acceptors (Lipinski definition) is 6. The van der Waals surface area contributed by atoms with Crippen LogP contribution in [0.15, 0.2) is 24.3 Å². The summed E-state index contributed by atoms with van der Waals surface area (Å²) in [5.74, 6) is -0.901. The van der Waals surface area contributed by atoms with Crippen LogP contribution in [0.2, 0.25) is 0 Å².